The second-order valence-electron chi connectivity index (χ2n) is 7.74. The molecule has 0 fully saturated rings. The van der Waals surface area contributed by atoms with Gasteiger partial charge in [-0.05, 0) is 30.8 Å². The van der Waals surface area contributed by atoms with Gasteiger partial charge >= 0.3 is 20.1 Å². The maximum atomic E-state index is 6.01. The number of hydrogen-bond donors (Lipinski definition) is 0. The van der Waals surface area contributed by atoms with Gasteiger partial charge in [0.05, 0.1) is 11.8 Å². The van der Waals surface area contributed by atoms with Gasteiger partial charge in [0.15, 0.2) is 0 Å². The summed E-state index contributed by atoms with van der Waals surface area (Å²) in [6, 6.07) is 36.4. The van der Waals surface area contributed by atoms with Crippen molar-refractivity contribution in [2.24, 2.45) is 0 Å². The molecule has 0 aliphatic rings. The van der Waals surface area contributed by atoms with Crippen LogP contribution in [0.25, 0.3) is 44.5 Å². The van der Waals surface area contributed by atoms with Gasteiger partial charge in [-0.25, -0.2) is 0 Å². The third-order valence-electron chi connectivity index (χ3n) is 5.44. The molecule has 6 rings (SSSR count). The molecule has 4 heteroatoms. The summed E-state index contributed by atoms with van der Waals surface area (Å²) in [6.45, 7) is 2.06. The Balaban J connectivity index is 0.000000171. The molecule has 3 nitrogen and oxygen atoms in total. The number of hydrogen-bond acceptors (Lipinski definition) is 2. The molecule has 166 valence electrons. The quantitative estimate of drug-likeness (QED) is 0.157. The van der Waals surface area contributed by atoms with Crippen molar-refractivity contribution in [1.82, 2.24) is 4.98 Å². The van der Waals surface area contributed by atoms with Gasteiger partial charge in [-0.2, -0.15) is 0 Å². The molecular weight excluding hydrogens is 597 g/mol. The van der Waals surface area contributed by atoms with Crippen LogP contribution in [0.1, 0.15) is 5.56 Å². The number of nitrogens with zero attached hydrogens (tertiary/aromatic N) is 2. The Kier molecular flexibility index (Phi) is 7.22. The van der Waals surface area contributed by atoms with Crippen LogP contribution >= 0.6 is 0 Å². The topological polar surface area (TPSA) is 29.9 Å². The Morgan fingerprint density at radius 3 is 2.47 bits per heavy atom. The summed E-state index contributed by atoms with van der Waals surface area (Å²) < 4.78 is 7.85. The minimum Gasteiger partial charge on any atom is -0.501 e. The monoisotopic (exact) mass is 619 g/mol. The Morgan fingerprint density at radius 2 is 1.68 bits per heavy atom. The number of rotatable bonds is 2. The van der Waals surface area contributed by atoms with Gasteiger partial charge in [-0.1, -0.05) is 58.5 Å². The number of pyridine rings is 2. The first-order valence-electron chi connectivity index (χ1n) is 10.7. The molecule has 0 N–H and O–H groups in total. The van der Waals surface area contributed by atoms with Crippen LogP contribution in [0.15, 0.2) is 108 Å². The van der Waals surface area contributed by atoms with E-state index in [1.807, 2.05) is 95.8 Å². The molecule has 0 radical (unpaired) electrons. The molecule has 0 bridgehead atoms. The smallest absolute Gasteiger partial charge is 0.501 e. The Bertz CT molecular complexity index is 1540. The zero-order chi connectivity index (χ0) is 22.6. The van der Waals surface area contributed by atoms with E-state index in [0.717, 1.165) is 44.5 Å². The first-order valence-corrected chi connectivity index (χ1v) is 10.7. The van der Waals surface area contributed by atoms with E-state index in [1.165, 1.54) is 5.56 Å². The second kappa shape index (κ2) is 10.5. The Hall–Kier alpha value is -3.72. The zero-order valence-electron chi connectivity index (χ0n) is 18.7. The summed E-state index contributed by atoms with van der Waals surface area (Å²) in [7, 11) is 3.89. The fourth-order valence-corrected chi connectivity index (χ4v) is 3.83. The first-order chi connectivity index (χ1) is 16.2. The van der Waals surface area contributed by atoms with E-state index in [9.17, 15) is 0 Å². The van der Waals surface area contributed by atoms with Crippen LogP contribution in [-0.4, -0.2) is 4.98 Å². The molecule has 0 aliphatic heterocycles. The van der Waals surface area contributed by atoms with Gasteiger partial charge in [-0.15, -0.1) is 48.5 Å². The van der Waals surface area contributed by atoms with Crippen molar-refractivity contribution in [3.8, 4) is 22.5 Å². The van der Waals surface area contributed by atoms with Crippen LogP contribution in [0.3, 0.4) is 0 Å². The van der Waals surface area contributed by atoms with Crippen LogP contribution < -0.4 is 4.57 Å². The van der Waals surface area contributed by atoms with Crippen LogP contribution in [-0.2, 0) is 20.1 Å². The zero-order valence-corrected chi connectivity index (χ0v) is 21.1. The number of aryl methyl sites for hydroxylation is 1. The largest absolute Gasteiger partial charge is 3.00 e. The normalized spacial score (nSPS) is 10.4. The number of benzene rings is 3. The predicted molar refractivity (Wildman–Crippen MR) is 132 cm³/mol. The molecular formula is C30H22IrN2O+. The van der Waals surface area contributed by atoms with E-state index in [0.29, 0.717) is 0 Å². The maximum absolute atomic E-state index is 6.01. The van der Waals surface area contributed by atoms with Gasteiger partial charge in [-0.3, -0.25) is 0 Å². The third kappa shape index (κ3) is 4.79. The second-order valence-corrected chi connectivity index (χ2v) is 7.74. The van der Waals surface area contributed by atoms with Crippen molar-refractivity contribution in [2.75, 3.05) is 0 Å². The van der Waals surface area contributed by atoms with E-state index in [2.05, 4.69) is 43.2 Å². The van der Waals surface area contributed by atoms with E-state index in [1.54, 1.807) is 0 Å². The molecule has 0 saturated carbocycles. The molecule has 0 amide bonds. The minimum absolute atomic E-state index is 0. The molecule has 6 aromatic rings. The molecule has 0 aliphatic carbocycles. The standard InChI is InChI=1S/C18H12NO.C12H10N.Ir/c1-12-9-10-19-16(11-12)15-7-4-6-14-13-5-2-3-8-17(13)20-18(14)15;1-13-10-6-5-9-12(13)11-7-3-2-4-8-11;/h2-6,8-11H,1H3;2-7,9-10H,1H2;/q2*-1;+3. The van der Waals surface area contributed by atoms with Crippen molar-refractivity contribution in [3.05, 3.63) is 128 Å². The van der Waals surface area contributed by atoms with E-state index >= 15 is 0 Å². The molecule has 0 unspecified atom stereocenters. The van der Waals surface area contributed by atoms with Crippen molar-refractivity contribution in [3.63, 3.8) is 0 Å². The van der Waals surface area contributed by atoms with Crippen LogP contribution in [0, 0.1) is 26.1 Å². The number of para-hydroxylation sites is 1. The molecule has 3 aromatic carbocycles. The molecule has 3 aromatic heterocycles. The summed E-state index contributed by atoms with van der Waals surface area (Å²) >= 11 is 0. The van der Waals surface area contributed by atoms with Gasteiger partial charge < -0.3 is 14.0 Å². The van der Waals surface area contributed by atoms with Gasteiger partial charge in [0, 0.05) is 18.6 Å². The van der Waals surface area contributed by atoms with Crippen LogP contribution in [0.4, 0.5) is 0 Å². The fraction of sp³-hybridized carbons (Fsp3) is 0.0333. The molecule has 0 spiro atoms. The maximum Gasteiger partial charge on any atom is 3.00 e. The summed E-state index contributed by atoms with van der Waals surface area (Å²) in [5.74, 6) is 0. The Labute approximate surface area is 213 Å². The van der Waals surface area contributed by atoms with Gasteiger partial charge in [0.2, 0.25) is 0 Å². The van der Waals surface area contributed by atoms with Gasteiger partial charge in [0.25, 0.3) is 0 Å². The van der Waals surface area contributed by atoms with Crippen molar-refractivity contribution >= 4 is 21.9 Å². The number of furan rings is 1. The first kappa shape index (κ1) is 23.4. The number of fused-ring (bicyclic) bond motifs is 3. The van der Waals surface area contributed by atoms with Crippen molar-refractivity contribution in [1.29, 1.82) is 0 Å². The molecule has 3 heterocycles. The summed E-state index contributed by atoms with van der Waals surface area (Å²) in [5, 5.41) is 2.24. The SMILES string of the molecule is Cc1ccnc(-c2[c-]ccc3c2oc2ccccc23)c1.[CH2-][n+]1ccccc1-c1[c-]cccc1.[Ir+3]. The van der Waals surface area contributed by atoms with Crippen LogP contribution in [0.5, 0.6) is 0 Å². The molecule has 34 heavy (non-hydrogen) atoms. The summed E-state index contributed by atoms with van der Waals surface area (Å²) in [6.07, 6.45) is 3.75. The van der Waals surface area contributed by atoms with E-state index in [4.69, 9.17) is 4.42 Å². The third-order valence-corrected chi connectivity index (χ3v) is 5.44. The van der Waals surface area contributed by atoms with Crippen molar-refractivity contribution in [2.45, 2.75) is 6.92 Å². The molecule has 0 atom stereocenters. The predicted octanol–water partition coefficient (Wildman–Crippen LogP) is 6.84. The number of aromatic nitrogens is 2. The average Bonchev–Trinajstić information content (AvgIpc) is 3.24. The van der Waals surface area contributed by atoms with E-state index < -0.39 is 0 Å². The van der Waals surface area contributed by atoms with Gasteiger partial charge in [0.1, 0.15) is 11.3 Å². The summed E-state index contributed by atoms with van der Waals surface area (Å²) in [4.78, 5) is 4.44. The van der Waals surface area contributed by atoms with Crippen molar-refractivity contribution < 1.29 is 29.1 Å². The molecule has 0 saturated heterocycles. The minimum atomic E-state index is 0. The van der Waals surface area contributed by atoms with E-state index in [-0.39, 0.29) is 20.1 Å². The fourth-order valence-electron chi connectivity index (χ4n) is 3.83. The Morgan fingerprint density at radius 1 is 0.853 bits per heavy atom. The average molecular weight is 619 g/mol. The summed E-state index contributed by atoms with van der Waals surface area (Å²) in [5.41, 5.74) is 6.89. The van der Waals surface area contributed by atoms with Crippen LogP contribution in [0.2, 0.25) is 0 Å².